The molecule has 0 saturated heterocycles. The number of nitrogens with zero attached hydrogens (tertiary/aromatic N) is 3. The number of ether oxygens (including phenoxy) is 1. The minimum absolute atomic E-state index is 0.00356. The van der Waals surface area contributed by atoms with E-state index in [0.717, 1.165) is 0 Å². The molecule has 1 aromatic carbocycles. The molecule has 0 aliphatic carbocycles. The predicted molar refractivity (Wildman–Crippen MR) is 71.7 cm³/mol. The Morgan fingerprint density at radius 2 is 2.10 bits per heavy atom. The van der Waals surface area contributed by atoms with Gasteiger partial charge in [-0.05, 0) is 23.7 Å². The molecule has 0 aliphatic rings. The fourth-order valence-corrected chi connectivity index (χ4v) is 1.88. The Balaban J connectivity index is 2.10. The van der Waals surface area contributed by atoms with Gasteiger partial charge in [0.25, 0.3) is 5.91 Å². The minimum atomic E-state index is -0.596. The van der Waals surface area contributed by atoms with Crippen LogP contribution in [0.25, 0.3) is 11.2 Å². The number of hydrogen-bond acceptors (Lipinski definition) is 5. The first-order valence-corrected chi connectivity index (χ1v) is 5.96. The smallest absolute Gasteiger partial charge is 0.252 e. The van der Waals surface area contributed by atoms with E-state index in [9.17, 15) is 4.79 Å². The van der Waals surface area contributed by atoms with E-state index < -0.39 is 5.91 Å². The van der Waals surface area contributed by atoms with Gasteiger partial charge in [-0.2, -0.15) is 9.97 Å². The Kier molecular flexibility index (Phi) is 2.96. The van der Waals surface area contributed by atoms with E-state index in [1.54, 1.807) is 24.3 Å². The van der Waals surface area contributed by atoms with Crippen LogP contribution in [-0.2, 0) is 0 Å². The van der Waals surface area contributed by atoms with Crippen LogP contribution in [0.15, 0.2) is 30.6 Å². The summed E-state index contributed by atoms with van der Waals surface area (Å²) in [5.41, 5.74) is 6.39. The number of aromatic amines is 1. The maximum absolute atomic E-state index is 11.4. The topological polar surface area (TPSA) is 107 Å². The lowest BCUT2D eigenvalue weighted by molar-refractivity contribution is 0.0998. The molecule has 7 nitrogen and oxygen atoms in total. The molecule has 1 amide bonds. The van der Waals surface area contributed by atoms with Gasteiger partial charge < -0.3 is 15.5 Å². The predicted octanol–water partition coefficient (Wildman–Crippen LogP) is 1.90. The maximum atomic E-state index is 11.4. The van der Waals surface area contributed by atoms with Crippen LogP contribution >= 0.6 is 11.6 Å². The van der Waals surface area contributed by atoms with E-state index in [0.29, 0.717) is 11.2 Å². The summed E-state index contributed by atoms with van der Waals surface area (Å²) in [6.45, 7) is 0. The summed E-state index contributed by atoms with van der Waals surface area (Å²) in [7, 11) is 0. The van der Waals surface area contributed by atoms with Gasteiger partial charge in [0.2, 0.25) is 11.2 Å². The number of aromatic nitrogens is 4. The minimum Gasteiger partial charge on any atom is -0.436 e. The number of hydrogen-bond donors (Lipinski definition) is 2. The summed E-state index contributed by atoms with van der Waals surface area (Å²) in [6, 6.07) is 6.57. The van der Waals surface area contributed by atoms with Crippen molar-refractivity contribution in [1.29, 1.82) is 0 Å². The summed E-state index contributed by atoms with van der Waals surface area (Å²) >= 11 is 5.80. The van der Waals surface area contributed by atoms with E-state index in [4.69, 9.17) is 22.1 Å². The van der Waals surface area contributed by atoms with Crippen LogP contribution in [0.1, 0.15) is 10.4 Å². The molecular formula is C12H8ClN5O2. The van der Waals surface area contributed by atoms with Crippen molar-refractivity contribution < 1.29 is 9.53 Å². The largest absolute Gasteiger partial charge is 0.436 e. The molecule has 8 heteroatoms. The third-order valence-electron chi connectivity index (χ3n) is 2.58. The van der Waals surface area contributed by atoms with E-state index in [1.165, 1.54) is 6.33 Å². The number of para-hydroxylation sites is 1. The van der Waals surface area contributed by atoms with Crippen molar-refractivity contribution in [2.75, 3.05) is 0 Å². The maximum Gasteiger partial charge on any atom is 0.252 e. The Morgan fingerprint density at radius 3 is 2.90 bits per heavy atom. The number of fused-ring (bicyclic) bond motifs is 1. The van der Waals surface area contributed by atoms with Crippen LogP contribution < -0.4 is 10.5 Å². The molecule has 3 rings (SSSR count). The number of carbonyl (C=O) groups is 1. The van der Waals surface area contributed by atoms with Gasteiger partial charge in [-0.3, -0.25) is 4.79 Å². The first-order valence-electron chi connectivity index (χ1n) is 5.58. The van der Waals surface area contributed by atoms with E-state index >= 15 is 0 Å². The molecule has 0 aliphatic heterocycles. The molecule has 0 spiro atoms. The summed E-state index contributed by atoms with van der Waals surface area (Å²) in [6.07, 6.45) is 1.45. The zero-order valence-corrected chi connectivity index (χ0v) is 10.8. The molecule has 100 valence electrons. The summed E-state index contributed by atoms with van der Waals surface area (Å²) in [5, 5.41) is -0.00356. The number of nitrogens with two attached hydrogens (primary N) is 1. The van der Waals surface area contributed by atoms with Crippen molar-refractivity contribution in [2.24, 2.45) is 5.73 Å². The zero-order valence-electron chi connectivity index (χ0n) is 10.0. The number of nitrogens with one attached hydrogen (secondary N) is 1. The molecule has 0 saturated carbocycles. The van der Waals surface area contributed by atoms with Crippen LogP contribution in [0.5, 0.6) is 11.6 Å². The molecule has 0 atom stereocenters. The Hall–Kier alpha value is -2.67. The summed E-state index contributed by atoms with van der Waals surface area (Å²) in [4.78, 5) is 26.1. The lowest BCUT2D eigenvalue weighted by atomic mass is 10.2. The molecular weight excluding hydrogens is 282 g/mol. The van der Waals surface area contributed by atoms with Gasteiger partial charge in [-0.25, -0.2) is 4.98 Å². The average molecular weight is 290 g/mol. The second-order valence-corrected chi connectivity index (χ2v) is 4.20. The monoisotopic (exact) mass is 289 g/mol. The van der Waals surface area contributed by atoms with Crippen molar-refractivity contribution >= 4 is 28.7 Å². The fraction of sp³-hybridized carbons (Fsp3) is 0. The molecule has 20 heavy (non-hydrogen) atoms. The number of benzene rings is 1. The van der Waals surface area contributed by atoms with Gasteiger partial charge in [0, 0.05) is 0 Å². The van der Waals surface area contributed by atoms with E-state index in [2.05, 4.69) is 19.9 Å². The van der Waals surface area contributed by atoms with Gasteiger partial charge in [0.15, 0.2) is 5.65 Å². The number of primary amides is 1. The highest BCUT2D eigenvalue weighted by atomic mass is 35.5. The van der Waals surface area contributed by atoms with E-state index in [-0.39, 0.29) is 22.5 Å². The molecule has 2 aromatic heterocycles. The Morgan fingerprint density at radius 1 is 1.30 bits per heavy atom. The molecule has 2 heterocycles. The molecule has 0 fully saturated rings. The third kappa shape index (κ3) is 2.14. The van der Waals surface area contributed by atoms with Crippen LogP contribution in [0.3, 0.4) is 0 Å². The first-order chi connectivity index (χ1) is 9.65. The Labute approximate surface area is 117 Å². The van der Waals surface area contributed by atoms with Gasteiger partial charge >= 0.3 is 0 Å². The van der Waals surface area contributed by atoms with Crippen molar-refractivity contribution in [2.45, 2.75) is 0 Å². The van der Waals surface area contributed by atoms with Crippen LogP contribution in [0.2, 0.25) is 5.28 Å². The molecule has 3 N–H and O–H groups in total. The van der Waals surface area contributed by atoms with Crippen molar-refractivity contribution in [3.63, 3.8) is 0 Å². The standard InChI is InChI=1S/C12H8ClN5O2/c13-12-17-10-8(15-5-16-10)11(18-12)20-7-4-2-1-3-6(7)9(14)19/h1-5H,(H2,14,19)(H,15,16,17,18). The number of halogens is 1. The summed E-state index contributed by atoms with van der Waals surface area (Å²) in [5.74, 6) is -0.140. The third-order valence-corrected chi connectivity index (χ3v) is 2.75. The second-order valence-electron chi connectivity index (χ2n) is 3.86. The number of imidazole rings is 1. The van der Waals surface area contributed by atoms with Crippen LogP contribution in [0, 0.1) is 0 Å². The lowest BCUT2D eigenvalue weighted by Crippen LogP contribution is -2.12. The molecule has 3 aromatic rings. The second kappa shape index (κ2) is 4.78. The average Bonchev–Trinajstić information content (AvgIpc) is 2.87. The quantitative estimate of drug-likeness (QED) is 0.716. The van der Waals surface area contributed by atoms with Gasteiger partial charge in [-0.1, -0.05) is 12.1 Å². The van der Waals surface area contributed by atoms with Crippen LogP contribution in [0.4, 0.5) is 0 Å². The number of carbonyl (C=O) groups excluding carboxylic acids is 1. The van der Waals surface area contributed by atoms with Gasteiger partial charge in [0.1, 0.15) is 11.3 Å². The highest BCUT2D eigenvalue weighted by molar-refractivity contribution is 6.28. The SMILES string of the molecule is NC(=O)c1ccccc1Oc1nc(Cl)nc2nc[nH]c12. The lowest BCUT2D eigenvalue weighted by Gasteiger charge is -2.08. The number of rotatable bonds is 3. The number of amides is 1. The van der Waals surface area contributed by atoms with Crippen LogP contribution in [-0.4, -0.2) is 25.8 Å². The fourth-order valence-electron chi connectivity index (χ4n) is 1.72. The highest BCUT2D eigenvalue weighted by Crippen LogP contribution is 2.28. The Bertz CT molecular complexity index is 801. The van der Waals surface area contributed by atoms with Crippen molar-refractivity contribution in [3.05, 3.63) is 41.4 Å². The van der Waals surface area contributed by atoms with Gasteiger partial charge in [0.05, 0.1) is 11.9 Å². The van der Waals surface area contributed by atoms with Gasteiger partial charge in [-0.15, -0.1) is 0 Å². The summed E-state index contributed by atoms with van der Waals surface area (Å²) < 4.78 is 5.62. The molecule has 0 bridgehead atoms. The number of H-pyrrole nitrogens is 1. The highest BCUT2D eigenvalue weighted by Gasteiger charge is 2.14. The van der Waals surface area contributed by atoms with E-state index in [1.807, 2.05) is 0 Å². The first kappa shape index (κ1) is 12.4. The van der Waals surface area contributed by atoms with Crippen molar-refractivity contribution in [1.82, 2.24) is 19.9 Å². The normalized spacial score (nSPS) is 10.7. The molecule has 0 radical (unpaired) electrons. The zero-order chi connectivity index (χ0) is 14.1. The van der Waals surface area contributed by atoms with Crippen molar-refractivity contribution in [3.8, 4) is 11.6 Å². The molecule has 0 unspecified atom stereocenters.